The zero-order valence-corrected chi connectivity index (χ0v) is 10.2. The van der Waals surface area contributed by atoms with E-state index in [2.05, 4.69) is 0 Å². The van der Waals surface area contributed by atoms with Crippen LogP contribution in [0.3, 0.4) is 0 Å². The van der Waals surface area contributed by atoms with Crippen molar-refractivity contribution in [1.82, 2.24) is 0 Å². The van der Waals surface area contributed by atoms with Crippen molar-refractivity contribution in [1.29, 1.82) is 0 Å². The highest BCUT2D eigenvalue weighted by molar-refractivity contribution is 5.40. The van der Waals surface area contributed by atoms with E-state index in [1.165, 1.54) is 0 Å². The molecule has 1 unspecified atom stereocenters. The summed E-state index contributed by atoms with van der Waals surface area (Å²) >= 11 is 0. The number of benzene rings is 1. The van der Waals surface area contributed by atoms with Gasteiger partial charge in [0.1, 0.15) is 11.5 Å². The van der Waals surface area contributed by atoms with E-state index in [-0.39, 0.29) is 12.5 Å². The molecule has 0 bridgehead atoms. The van der Waals surface area contributed by atoms with Crippen molar-refractivity contribution in [2.75, 3.05) is 34.0 Å². The monoisotopic (exact) mass is 238 g/mol. The Hall–Kier alpha value is -1.26. The number of aliphatic hydroxyl groups excluding tert-OH is 1. The van der Waals surface area contributed by atoms with Crippen LogP contribution in [0.4, 0.5) is 0 Å². The third-order valence-electron chi connectivity index (χ3n) is 3.23. The molecule has 1 aromatic carbocycles. The first kappa shape index (κ1) is 12.2. The molecule has 0 spiro atoms. The molecule has 1 fully saturated rings. The fourth-order valence-electron chi connectivity index (χ4n) is 2.06. The first-order chi connectivity index (χ1) is 8.28. The Morgan fingerprint density at radius 2 is 1.82 bits per heavy atom. The van der Waals surface area contributed by atoms with E-state index in [9.17, 15) is 5.11 Å². The summed E-state index contributed by atoms with van der Waals surface area (Å²) in [5.41, 5.74) is 1.04. The highest BCUT2D eigenvalue weighted by atomic mass is 16.5. The van der Waals surface area contributed by atoms with E-state index in [1.54, 1.807) is 14.2 Å². The normalized spacial score (nSPS) is 17.4. The quantitative estimate of drug-likeness (QED) is 0.843. The van der Waals surface area contributed by atoms with Gasteiger partial charge in [0.15, 0.2) is 0 Å². The molecule has 4 nitrogen and oxygen atoms in total. The van der Waals surface area contributed by atoms with Crippen LogP contribution in [0.15, 0.2) is 18.2 Å². The summed E-state index contributed by atoms with van der Waals surface area (Å²) in [4.78, 5) is 0. The number of hydrogen-bond acceptors (Lipinski definition) is 4. The molecule has 0 radical (unpaired) electrons. The Labute approximate surface area is 101 Å². The number of aliphatic hydroxyl groups is 1. The predicted octanol–water partition coefficient (Wildman–Crippen LogP) is 1.43. The first-order valence-corrected chi connectivity index (χ1v) is 5.70. The van der Waals surface area contributed by atoms with Gasteiger partial charge in [-0.05, 0) is 17.7 Å². The van der Waals surface area contributed by atoms with E-state index in [0.29, 0.717) is 19.1 Å². The van der Waals surface area contributed by atoms with Gasteiger partial charge in [-0.25, -0.2) is 0 Å². The fraction of sp³-hybridized carbons (Fsp3) is 0.538. The Kier molecular flexibility index (Phi) is 3.86. The Bertz CT molecular complexity index is 351. The van der Waals surface area contributed by atoms with Gasteiger partial charge in [-0.1, -0.05) is 0 Å². The third kappa shape index (κ3) is 2.53. The van der Waals surface area contributed by atoms with E-state index < -0.39 is 0 Å². The van der Waals surface area contributed by atoms with Gasteiger partial charge in [-0.2, -0.15) is 0 Å². The van der Waals surface area contributed by atoms with Crippen LogP contribution in [0.2, 0.25) is 0 Å². The van der Waals surface area contributed by atoms with Crippen LogP contribution in [0, 0.1) is 5.92 Å². The van der Waals surface area contributed by atoms with E-state index >= 15 is 0 Å². The van der Waals surface area contributed by atoms with Crippen molar-refractivity contribution in [2.24, 2.45) is 5.92 Å². The molecule has 0 aliphatic carbocycles. The summed E-state index contributed by atoms with van der Waals surface area (Å²) in [6, 6.07) is 5.72. The molecule has 1 atom stereocenters. The predicted molar refractivity (Wildman–Crippen MR) is 63.7 cm³/mol. The molecule has 2 rings (SSSR count). The standard InChI is InChI=1S/C13H18O4/c1-15-11-3-9(4-12(5-11)16-2)13(6-14)10-7-17-8-10/h3-5,10,13-14H,6-8H2,1-2H3. The van der Waals surface area contributed by atoms with Crippen LogP contribution in [-0.4, -0.2) is 39.1 Å². The molecule has 0 amide bonds. The highest BCUT2D eigenvalue weighted by Gasteiger charge is 2.29. The van der Waals surface area contributed by atoms with Gasteiger partial charge in [-0.15, -0.1) is 0 Å². The average molecular weight is 238 g/mol. The zero-order valence-electron chi connectivity index (χ0n) is 10.2. The van der Waals surface area contributed by atoms with Crippen LogP contribution in [0.5, 0.6) is 11.5 Å². The summed E-state index contributed by atoms with van der Waals surface area (Å²) in [6.07, 6.45) is 0. The van der Waals surface area contributed by atoms with Crippen molar-refractivity contribution in [2.45, 2.75) is 5.92 Å². The van der Waals surface area contributed by atoms with Crippen LogP contribution >= 0.6 is 0 Å². The molecule has 17 heavy (non-hydrogen) atoms. The smallest absolute Gasteiger partial charge is 0.122 e. The lowest BCUT2D eigenvalue weighted by Gasteiger charge is -2.33. The van der Waals surface area contributed by atoms with E-state index in [4.69, 9.17) is 14.2 Å². The second-order valence-electron chi connectivity index (χ2n) is 4.23. The minimum atomic E-state index is 0.0905. The number of methoxy groups -OCH3 is 2. The van der Waals surface area contributed by atoms with Gasteiger partial charge >= 0.3 is 0 Å². The topological polar surface area (TPSA) is 47.9 Å². The maximum Gasteiger partial charge on any atom is 0.122 e. The highest BCUT2D eigenvalue weighted by Crippen LogP contribution is 2.34. The molecular formula is C13H18O4. The molecule has 94 valence electrons. The molecule has 1 heterocycles. The van der Waals surface area contributed by atoms with Crippen LogP contribution in [0.25, 0.3) is 0 Å². The molecule has 0 aromatic heterocycles. The summed E-state index contributed by atoms with van der Waals surface area (Å²) < 4.78 is 15.6. The minimum Gasteiger partial charge on any atom is -0.497 e. The molecule has 1 aliphatic heterocycles. The van der Waals surface area contributed by atoms with E-state index in [0.717, 1.165) is 17.1 Å². The lowest BCUT2D eigenvalue weighted by atomic mass is 9.85. The Balaban J connectivity index is 2.27. The van der Waals surface area contributed by atoms with Gasteiger partial charge < -0.3 is 19.3 Å². The van der Waals surface area contributed by atoms with Crippen molar-refractivity contribution in [3.8, 4) is 11.5 Å². The molecule has 0 saturated carbocycles. The lowest BCUT2D eigenvalue weighted by molar-refractivity contribution is -0.0527. The van der Waals surface area contributed by atoms with Gasteiger partial charge in [0.05, 0.1) is 34.0 Å². The number of ether oxygens (including phenoxy) is 3. The largest absolute Gasteiger partial charge is 0.497 e. The van der Waals surface area contributed by atoms with Crippen molar-refractivity contribution in [3.05, 3.63) is 23.8 Å². The zero-order chi connectivity index (χ0) is 12.3. The first-order valence-electron chi connectivity index (χ1n) is 5.70. The molecule has 1 aromatic rings. The van der Waals surface area contributed by atoms with Crippen LogP contribution < -0.4 is 9.47 Å². The molecule has 1 saturated heterocycles. The van der Waals surface area contributed by atoms with E-state index in [1.807, 2.05) is 18.2 Å². The molecule has 1 N–H and O–H groups in total. The van der Waals surface area contributed by atoms with Gasteiger partial charge in [0.25, 0.3) is 0 Å². The maximum absolute atomic E-state index is 9.50. The fourth-order valence-corrected chi connectivity index (χ4v) is 2.06. The Morgan fingerprint density at radius 3 is 2.18 bits per heavy atom. The molecular weight excluding hydrogens is 220 g/mol. The van der Waals surface area contributed by atoms with Crippen molar-refractivity contribution < 1.29 is 19.3 Å². The second kappa shape index (κ2) is 5.38. The molecule has 4 heteroatoms. The maximum atomic E-state index is 9.50. The number of rotatable bonds is 5. The minimum absolute atomic E-state index is 0.0905. The van der Waals surface area contributed by atoms with Crippen molar-refractivity contribution in [3.63, 3.8) is 0 Å². The summed E-state index contributed by atoms with van der Waals surface area (Å²) in [6.45, 7) is 1.54. The average Bonchev–Trinajstić information content (AvgIpc) is 2.32. The summed E-state index contributed by atoms with van der Waals surface area (Å²) in [5.74, 6) is 1.97. The molecule has 1 aliphatic rings. The van der Waals surface area contributed by atoms with Gasteiger partial charge in [0.2, 0.25) is 0 Å². The second-order valence-corrected chi connectivity index (χ2v) is 4.23. The lowest BCUT2D eigenvalue weighted by Crippen LogP contribution is -2.34. The summed E-state index contributed by atoms with van der Waals surface area (Å²) in [7, 11) is 3.25. The summed E-state index contributed by atoms with van der Waals surface area (Å²) in [5, 5.41) is 9.50. The Morgan fingerprint density at radius 1 is 1.24 bits per heavy atom. The van der Waals surface area contributed by atoms with Crippen molar-refractivity contribution >= 4 is 0 Å². The third-order valence-corrected chi connectivity index (χ3v) is 3.23. The van der Waals surface area contributed by atoms with Gasteiger partial charge in [-0.3, -0.25) is 0 Å². The van der Waals surface area contributed by atoms with Gasteiger partial charge in [0, 0.05) is 17.9 Å². The van der Waals surface area contributed by atoms with Crippen LogP contribution in [-0.2, 0) is 4.74 Å². The SMILES string of the molecule is COc1cc(OC)cc(C(CO)C2COC2)c1. The van der Waals surface area contributed by atoms with Crippen LogP contribution in [0.1, 0.15) is 11.5 Å². The number of hydrogen-bond donors (Lipinski definition) is 1.